The number of hydrogen-bond acceptors (Lipinski definition) is 5. The van der Waals surface area contributed by atoms with E-state index in [0.717, 1.165) is 50.5 Å². The maximum Gasteiger partial charge on any atom is 0.145 e. The van der Waals surface area contributed by atoms with Gasteiger partial charge in [-0.1, -0.05) is 6.07 Å². The number of aryl methyl sites for hydroxylation is 2. The van der Waals surface area contributed by atoms with E-state index >= 15 is 0 Å². The van der Waals surface area contributed by atoms with E-state index in [4.69, 9.17) is 5.26 Å². The Balaban J connectivity index is 1.65. The highest BCUT2D eigenvalue weighted by atomic mass is 15.3. The van der Waals surface area contributed by atoms with Gasteiger partial charge in [-0.3, -0.25) is 9.58 Å². The lowest BCUT2D eigenvalue weighted by atomic mass is 10.2. The molecule has 0 unspecified atom stereocenters. The zero-order valence-corrected chi connectivity index (χ0v) is 13.7. The summed E-state index contributed by atoms with van der Waals surface area (Å²) in [6, 6.07) is 6.18. The first-order valence-electron chi connectivity index (χ1n) is 7.98. The van der Waals surface area contributed by atoms with Crippen LogP contribution in [0.2, 0.25) is 0 Å². The van der Waals surface area contributed by atoms with E-state index in [1.54, 1.807) is 0 Å². The first-order chi connectivity index (χ1) is 11.2. The summed E-state index contributed by atoms with van der Waals surface area (Å²) in [6.45, 7) is 6.83. The summed E-state index contributed by atoms with van der Waals surface area (Å²) in [7, 11) is 1.95. The van der Waals surface area contributed by atoms with Crippen molar-refractivity contribution >= 4 is 5.82 Å². The Morgan fingerprint density at radius 3 is 2.83 bits per heavy atom. The zero-order valence-electron chi connectivity index (χ0n) is 13.7. The second kappa shape index (κ2) is 6.80. The molecule has 0 radical (unpaired) electrons. The minimum absolute atomic E-state index is 0.527. The molecule has 3 heterocycles. The van der Waals surface area contributed by atoms with Crippen LogP contribution in [0.3, 0.4) is 0 Å². The summed E-state index contributed by atoms with van der Waals surface area (Å²) in [4.78, 5) is 9.24. The number of nitriles is 1. The van der Waals surface area contributed by atoms with Gasteiger partial charge in [-0.05, 0) is 25.0 Å². The Labute approximate surface area is 137 Å². The third kappa shape index (κ3) is 3.69. The van der Waals surface area contributed by atoms with Gasteiger partial charge in [0.05, 0.1) is 6.20 Å². The van der Waals surface area contributed by atoms with Crippen molar-refractivity contribution in [3.63, 3.8) is 0 Å². The van der Waals surface area contributed by atoms with Crippen LogP contribution in [-0.2, 0) is 13.6 Å². The van der Waals surface area contributed by atoms with Crippen molar-refractivity contribution in [3.8, 4) is 6.07 Å². The van der Waals surface area contributed by atoms with Crippen LogP contribution in [0.4, 0.5) is 5.82 Å². The van der Waals surface area contributed by atoms with E-state index in [-0.39, 0.29) is 0 Å². The highest BCUT2D eigenvalue weighted by Gasteiger charge is 2.17. The van der Waals surface area contributed by atoms with Crippen LogP contribution in [0.5, 0.6) is 0 Å². The summed E-state index contributed by atoms with van der Waals surface area (Å²) in [5.74, 6) is 0.912. The summed E-state index contributed by atoms with van der Waals surface area (Å²) in [5.41, 5.74) is 2.71. The molecule has 2 aromatic heterocycles. The minimum atomic E-state index is 0.527. The second-order valence-electron chi connectivity index (χ2n) is 6.09. The molecule has 0 bridgehead atoms. The van der Waals surface area contributed by atoms with Gasteiger partial charge in [0.15, 0.2) is 0 Å². The molecule has 0 aliphatic carbocycles. The summed E-state index contributed by atoms with van der Waals surface area (Å²) in [5, 5.41) is 13.4. The third-order valence-electron chi connectivity index (χ3n) is 4.27. The Morgan fingerprint density at radius 1 is 1.22 bits per heavy atom. The van der Waals surface area contributed by atoms with Crippen molar-refractivity contribution in [2.24, 2.45) is 7.05 Å². The largest absolute Gasteiger partial charge is 0.355 e. The van der Waals surface area contributed by atoms with Gasteiger partial charge in [-0.2, -0.15) is 10.4 Å². The quantitative estimate of drug-likeness (QED) is 0.863. The summed E-state index contributed by atoms with van der Waals surface area (Å²) >= 11 is 0. The maximum atomic E-state index is 9.16. The van der Waals surface area contributed by atoms with Crippen molar-refractivity contribution in [3.05, 3.63) is 41.3 Å². The lowest BCUT2D eigenvalue weighted by molar-refractivity contribution is 0.285. The average molecular weight is 310 g/mol. The molecule has 2 aromatic rings. The molecule has 0 N–H and O–H groups in total. The van der Waals surface area contributed by atoms with Crippen LogP contribution in [0, 0.1) is 18.3 Å². The second-order valence-corrected chi connectivity index (χ2v) is 6.09. The van der Waals surface area contributed by atoms with Gasteiger partial charge in [-0.15, -0.1) is 0 Å². The van der Waals surface area contributed by atoms with Gasteiger partial charge in [0.25, 0.3) is 0 Å². The Kier molecular flexibility index (Phi) is 4.58. The number of hydrogen-bond donors (Lipinski definition) is 0. The van der Waals surface area contributed by atoms with Crippen LogP contribution in [0.1, 0.15) is 23.2 Å². The smallest absolute Gasteiger partial charge is 0.145 e. The average Bonchev–Trinajstić information content (AvgIpc) is 2.81. The predicted molar refractivity (Wildman–Crippen MR) is 89.0 cm³/mol. The van der Waals surface area contributed by atoms with E-state index in [0.29, 0.717) is 5.69 Å². The third-order valence-corrected chi connectivity index (χ3v) is 4.27. The van der Waals surface area contributed by atoms with Crippen molar-refractivity contribution in [2.45, 2.75) is 19.9 Å². The maximum absolute atomic E-state index is 9.16. The van der Waals surface area contributed by atoms with Crippen LogP contribution in [0.25, 0.3) is 0 Å². The van der Waals surface area contributed by atoms with Gasteiger partial charge in [-0.25, -0.2) is 4.98 Å². The molecule has 6 heteroatoms. The molecule has 0 spiro atoms. The van der Waals surface area contributed by atoms with Gasteiger partial charge in [0.2, 0.25) is 0 Å². The molecule has 120 valence electrons. The van der Waals surface area contributed by atoms with Gasteiger partial charge in [0, 0.05) is 51.5 Å². The molecule has 1 saturated heterocycles. The predicted octanol–water partition coefficient (Wildman–Crippen LogP) is 1.71. The molecule has 1 fully saturated rings. The topological polar surface area (TPSA) is 61.0 Å². The first-order valence-corrected chi connectivity index (χ1v) is 7.98. The highest BCUT2D eigenvalue weighted by Crippen LogP contribution is 2.17. The number of anilines is 1. The SMILES string of the molecule is Cc1ccc(N2CCCN(Cc3cnn(C)c3)CC2)nc1C#N. The number of pyridine rings is 1. The summed E-state index contributed by atoms with van der Waals surface area (Å²) < 4.78 is 1.85. The molecule has 1 aliphatic rings. The Bertz CT molecular complexity index is 714. The van der Waals surface area contributed by atoms with E-state index in [1.807, 2.05) is 37.0 Å². The molecule has 0 saturated carbocycles. The molecular weight excluding hydrogens is 288 g/mol. The van der Waals surface area contributed by atoms with Crippen molar-refractivity contribution in [2.75, 3.05) is 31.1 Å². The molecule has 3 rings (SSSR count). The van der Waals surface area contributed by atoms with Crippen molar-refractivity contribution in [1.29, 1.82) is 5.26 Å². The van der Waals surface area contributed by atoms with Gasteiger partial charge in [0.1, 0.15) is 17.6 Å². The van der Waals surface area contributed by atoms with Crippen molar-refractivity contribution < 1.29 is 0 Å². The normalized spacial score (nSPS) is 16.1. The molecule has 0 aromatic carbocycles. The van der Waals surface area contributed by atoms with E-state index in [2.05, 4.69) is 32.1 Å². The fourth-order valence-electron chi connectivity index (χ4n) is 2.98. The number of aromatic nitrogens is 3. The van der Waals surface area contributed by atoms with Crippen molar-refractivity contribution in [1.82, 2.24) is 19.7 Å². The Morgan fingerprint density at radius 2 is 2.09 bits per heavy atom. The van der Waals surface area contributed by atoms with E-state index in [1.165, 1.54) is 5.56 Å². The number of rotatable bonds is 3. The molecule has 23 heavy (non-hydrogen) atoms. The molecular formula is C17H22N6. The summed E-state index contributed by atoms with van der Waals surface area (Å²) in [6.07, 6.45) is 5.10. The lowest BCUT2D eigenvalue weighted by Gasteiger charge is -2.22. The highest BCUT2D eigenvalue weighted by molar-refractivity contribution is 5.45. The van der Waals surface area contributed by atoms with E-state index < -0.39 is 0 Å². The standard InChI is InChI=1S/C17H22N6/c1-14-4-5-17(20-16(14)10-18)23-7-3-6-22(8-9-23)13-15-11-19-21(2)12-15/h4-5,11-12H,3,6-9,13H2,1-2H3. The molecule has 6 nitrogen and oxygen atoms in total. The Hall–Kier alpha value is -2.39. The fraction of sp³-hybridized carbons (Fsp3) is 0.471. The van der Waals surface area contributed by atoms with E-state index in [9.17, 15) is 0 Å². The van der Waals surface area contributed by atoms with Gasteiger partial charge < -0.3 is 4.90 Å². The lowest BCUT2D eigenvalue weighted by Crippen LogP contribution is -2.31. The number of nitrogens with zero attached hydrogens (tertiary/aromatic N) is 6. The van der Waals surface area contributed by atoms with Crippen LogP contribution in [-0.4, -0.2) is 45.8 Å². The molecule has 0 atom stereocenters. The molecule has 0 amide bonds. The van der Waals surface area contributed by atoms with Crippen LogP contribution >= 0.6 is 0 Å². The monoisotopic (exact) mass is 310 g/mol. The molecule has 1 aliphatic heterocycles. The fourth-order valence-corrected chi connectivity index (χ4v) is 2.98. The zero-order chi connectivity index (χ0) is 16.2. The van der Waals surface area contributed by atoms with Gasteiger partial charge >= 0.3 is 0 Å². The first kappa shape index (κ1) is 15.5. The minimum Gasteiger partial charge on any atom is -0.355 e. The van der Waals surface area contributed by atoms with Crippen LogP contribution in [0.15, 0.2) is 24.5 Å². The van der Waals surface area contributed by atoms with Crippen LogP contribution < -0.4 is 4.90 Å².